The Morgan fingerprint density at radius 1 is 1.00 bits per heavy atom. The van der Waals surface area contributed by atoms with Crippen molar-refractivity contribution in [3.63, 3.8) is 0 Å². The van der Waals surface area contributed by atoms with Gasteiger partial charge < -0.3 is 19.5 Å². The molecule has 5 heteroatoms. The third-order valence-electron chi connectivity index (χ3n) is 3.36. The fourth-order valence-corrected chi connectivity index (χ4v) is 2.26. The normalized spacial score (nSPS) is 10.5. The molecular formula is C20H23NO4. The van der Waals surface area contributed by atoms with E-state index in [1.165, 1.54) is 6.08 Å². The molecule has 25 heavy (non-hydrogen) atoms. The summed E-state index contributed by atoms with van der Waals surface area (Å²) in [6.45, 7) is 4.89. The first-order chi connectivity index (χ1) is 12.2. The molecule has 0 saturated carbocycles. The van der Waals surface area contributed by atoms with Gasteiger partial charge in [-0.1, -0.05) is 18.2 Å². The van der Waals surface area contributed by atoms with Crippen LogP contribution in [-0.4, -0.2) is 26.2 Å². The number of hydrogen-bond donors (Lipinski definition) is 1. The van der Waals surface area contributed by atoms with Crippen molar-refractivity contribution in [2.24, 2.45) is 0 Å². The number of ether oxygens (including phenoxy) is 3. The molecule has 0 heterocycles. The van der Waals surface area contributed by atoms with Crippen LogP contribution in [0.5, 0.6) is 17.2 Å². The number of hydrogen-bond acceptors (Lipinski definition) is 4. The molecule has 1 N–H and O–H groups in total. The first kappa shape index (κ1) is 18.4. The molecular weight excluding hydrogens is 318 g/mol. The zero-order valence-corrected chi connectivity index (χ0v) is 14.7. The molecule has 0 aliphatic heterocycles. The van der Waals surface area contributed by atoms with Crippen LogP contribution in [0.3, 0.4) is 0 Å². The summed E-state index contributed by atoms with van der Waals surface area (Å²) < 4.78 is 16.3. The van der Waals surface area contributed by atoms with Crippen molar-refractivity contribution >= 4 is 17.7 Å². The van der Waals surface area contributed by atoms with Gasteiger partial charge in [-0.25, -0.2) is 0 Å². The van der Waals surface area contributed by atoms with Gasteiger partial charge in [-0.05, 0) is 49.8 Å². The lowest BCUT2D eigenvalue weighted by Crippen LogP contribution is -2.09. The van der Waals surface area contributed by atoms with E-state index in [1.54, 1.807) is 19.3 Å². The summed E-state index contributed by atoms with van der Waals surface area (Å²) in [5.74, 6) is 1.72. The molecule has 1 amide bonds. The number of para-hydroxylation sites is 2. The fourth-order valence-electron chi connectivity index (χ4n) is 2.26. The quantitative estimate of drug-likeness (QED) is 0.733. The van der Waals surface area contributed by atoms with Gasteiger partial charge in [0.15, 0.2) is 11.5 Å². The third-order valence-corrected chi connectivity index (χ3v) is 3.36. The van der Waals surface area contributed by atoms with E-state index in [9.17, 15) is 4.79 Å². The van der Waals surface area contributed by atoms with E-state index in [1.807, 2.05) is 50.2 Å². The first-order valence-corrected chi connectivity index (χ1v) is 8.19. The van der Waals surface area contributed by atoms with Crippen LogP contribution >= 0.6 is 0 Å². The molecule has 0 fully saturated rings. The summed E-state index contributed by atoms with van der Waals surface area (Å²) in [7, 11) is 1.59. The zero-order chi connectivity index (χ0) is 18.1. The van der Waals surface area contributed by atoms with E-state index in [2.05, 4.69) is 5.32 Å². The van der Waals surface area contributed by atoms with Crippen molar-refractivity contribution in [1.29, 1.82) is 0 Å². The second-order valence-electron chi connectivity index (χ2n) is 5.10. The summed E-state index contributed by atoms with van der Waals surface area (Å²) in [4.78, 5) is 12.2. The second-order valence-corrected chi connectivity index (χ2v) is 5.10. The molecule has 0 spiro atoms. The van der Waals surface area contributed by atoms with Crippen LogP contribution in [-0.2, 0) is 4.79 Å². The van der Waals surface area contributed by atoms with Gasteiger partial charge in [0.05, 0.1) is 26.0 Å². The van der Waals surface area contributed by atoms with E-state index in [-0.39, 0.29) is 5.91 Å². The number of nitrogens with one attached hydrogen (secondary N) is 1. The molecule has 0 aromatic heterocycles. The standard InChI is InChI=1S/C20H23NO4/c1-4-24-17-9-7-6-8-16(17)21-20(22)13-11-15-10-12-18(23-3)19(14-15)25-5-2/h6-14H,4-5H2,1-3H3,(H,21,22)/b13-11+. The van der Waals surface area contributed by atoms with Crippen molar-refractivity contribution < 1.29 is 19.0 Å². The van der Waals surface area contributed by atoms with Gasteiger partial charge in [-0.3, -0.25) is 4.79 Å². The van der Waals surface area contributed by atoms with E-state index >= 15 is 0 Å². The molecule has 132 valence electrons. The second kappa shape index (κ2) is 9.37. The van der Waals surface area contributed by atoms with Crippen LogP contribution in [0.1, 0.15) is 19.4 Å². The Labute approximate surface area is 148 Å². The average Bonchev–Trinajstić information content (AvgIpc) is 2.62. The Bertz CT molecular complexity index is 740. The smallest absolute Gasteiger partial charge is 0.248 e. The molecule has 0 radical (unpaired) electrons. The molecule has 0 aliphatic carbocycles. The minimum atomic E-state index is -0.235. The first-order valence-electron chi connectivity index (χ1n) is 8.19. The highest BCUT2D eigenvalue weighted by Crippen LogP contribution is 2.28. The maximum Gasteiger partial charge on any atom is 0.248 e. The van der Waals surface area contributed by atoms with E-state index < -0.39 is 0 Å². The molecule has 2 aromatic carbocycles. The highest BCUT2D eigenvalue weighted by Gasteiger charge is 2.06. The van der Waals surface area contributed by atoms with Crippen LogP contribution < -0.4 is 19.5 Å². The average molecular weight is 341 g/mol. The number of anilines is 1. The topological polar surface area (TPSA) is 56.8 Å². The summed E-state index contributed by atoms with van der Waals surface area (Å²) >= 11 is 0. The summed E-state index contributed by atoms with van der Waals surface area (Å²) in [6, 6.07) is 12.8. The van der Waals surface area contributed by atoms with Crippen molar-refractivity contribution in [1.82, 2.24) is 0 Å². The molecule has 0 atom stereocenters. The summed E-state index contributed by atoms with van der Waals surface area (Å²) in [5, 5.41) is 2.82. The van der Waals surface area contributed by atoms with Gasteiger partial charge in [0.1, 0.15) is 5.75 Å². The number of rotatable bonds is 8. The molecule has 2 aromatic rings. The Hall–Kier alpha value is -2.95. The Balaban J connectivity index is 2.09. The number of carbonyl (C=O) groups excluding carboxylic acids is 1. The lowest BCUT2D eigenvalue weighted by Gasteiger charge is -2.10. The summed E-state index contributed by atoms with van der Waals surface area (Å²) in [6.07, 6.45) is 3.20. The largest absolute Gasteiger partial charge is 0.493 e. The number of methoxy groups -OCH3 is 1. The number of carbonyl (C=O) groups is 1. The summed E-state index contributed by atoms with van der Waals surface area (Å²) in [5.41, 5.74) is 1.49. The van der Waals surface area contributed by atoms with Crippen LogP contribution in [0.15, 0.2) is 48.5 Å². The maximum atomic E-state index is 12.2. The Kier molecular flexibility index (Phi) is 6.89. The molecule has 2 rings (SSSR count). The Morgan fingerprint density at radius 2 is 1.72 bits per heavy atom. The van der Waals surface area contributed by atoms with E-state index in [4.69, 9.17) is 14.2 Å². The SMILES string of the molecule is CCOc1ccccc1NC(=O)/C=C/c1ccc(OC)c(OCC)c1. The number of amides is 1. The van der Waals surface area contributed by atoms with Crippen LogP contribution in [0, 0.1) is 0 Å². The van der Waals surface area contributed by atoms with E-state index in [0.29, 0.717) is 36.1 Å². The zero-order valence-electron chi connectivity index (χ0n) is 14.7. The lowest BCUT2D eigenvalue weighted by molar-refractivity contribution is -0.111. The van der Waals surface area contributed by atoms with Crippen molar-refractivity contribution in [2.75, 3.05) is 25.6 Å². The highest BCUT2D eigenvalue weighted by atomic mass is 16.5. The predicted molar refractivity (Wildman–Crippen MR) is 99.4 cm³/mol. The van der Waals surface area contributed by atoms with Crippen molar-refractivity contribution in [3.8, 4) is 17.2 Å². The van der Waals surface area contributed by atoms with Crippen LogP contribution in [0.2, 0.25) is 0 Å². The van der Waals surface area contributed by atoms with Gasteiger partial charge in [-0.15, -0.1) is 0 Å². The minimum absolute atomic E-state index is 0.235. The van der Waals surface area contributed by atoms with Gasteiger partial charge >= 0.3 is 0 Å². The lowest BCUT2D eigenvalue weighted by atomic mass is 10.2. The molecule has 0 saturated heterocycles. The van der Waals surface area contributed by atoms with Gasteiger partial charge in [0.2, 0.25) is 5.91 Å². The number of benzene rings is 2. The highest BCUT2D eigenvalue weighted by molar-refractivity contribution is 6.02. The van der Waals surface area contributed by atoms with Crippen molar-refractivity contribution in [2.45, 2.75) is 13.8 Å². The molecule has 0 bridgehead atoms. The molecule has 0 unspecified atom stereocenters. The van der Waals surface area contributed by atoms with Crippen molar-refractivity contribution in [3.05, 3.63) is 54.1 Å². The third kappa shape index (κ3) is 5.28. The fraction of sp³-hybridized carbons (Fsp3) is 0.250. The Morgan fingerprint density at radius 3 is 2.44 bits per heavy atom. The van der Waals surface area contributed by atoms with Gasteiger partial charge in [0.25, 0.3) is 0 Å². The van der Waals surface area contributed by atoms with Crippen LogP contribution in [0.25, 0.3) is 6.08 Å². The van der Waals surface area contributed by atoms with Gasteiger partial charge in [-0.2, -0.15) is 0 Å². The maximum absolute atomic E-state index is 12.2. The van der Waals surface area contributed by atoms with Gasteiger partial charge in [0, 0.05) is 6.08 Å². The van der Waals surface area contributed by atoms with Crippen LogP contribution in [0.4, 0.5) is 5.69 Å². The predicted octanol–water partition coefficient (Wildman–Crippen LogP) is 4.14. The minimum Gasteiger partial charge on any atom is -0.493 e. The molecule has 5 nitrogen and oxygen atoms in total. The van der Waals surface area contributed by atoms with E-state index in [0.717, 1.165) is 5.56 Å². The molecule has 0 aliphatic rings. The monoisotopic (exact) mass is 341 g/mol.